The number of thiophene rings is 1. The van der Waals surface area contributed by atoms with Crippen LogP contribution >= 0.6 is 11.3 Å². The van der Waals surface area contributed by atoms with Crippen LogP contribution in [-0.4, -0.2) is 56.6 Å². The first-order chi connectivity index (χ1) is 11.8. The standard InChI is InChI=1S/C16H18N6OS/c23-16(21-7-5-17-6-8-21)13-19-14-12-10-3-1-2-4-11(10)24-15(12)18-9-22(14)20-13/h9,17H,1-8H2. The lowest BCUT2D eigenvalue weighted by molar-refractivity contribution is 0.0723. The Morgan fingerprint density at radius 1 is 1.21 bits per heavy atom. The average Bonchev–Trinajstić information content (AvgIpc) is 3.22. The number of fused-ring (bicyclic) bond motifs is 5. The average molecular weight is 342 g/mol. The zero-order valence-electron chi connectivity index (χ0n) is 13.3. The summed E-state index contributed by atoms with van der Waals surface area (Å²) in [6.07, 6.45) is 6.34. The van der Waals surface area contributed by atoms with Crippen LogP contribution in [0.2, 0.25) is 0 Å². The monoisotopic (exact) mass is 342 g/mol. The number of amides is 1. The summed E-state index contributed by atoms with van der Waals surface area (Å²) in [7, 11) is 0. The van der Waals surface area contributed by atoms with Crippen LogP contribution in [0.15, 0.2) is 6.33 Å². The highest BCUT2D eigenvalue weighted by molar-refractivity contribution is 7.19. The normalized spacial score (nSPS) is 18.2. The molecule has 0 spiro atoms. The Kier molecular flexibility index (Phi) is 3.27. The molecule has 0 unspecified atom stereocenters. The number of rotatable bonds is 1. The largest absolute Gasteiger partial charge is 0.333 e. The smallest absolute Gasteiger partial charge is 0.293 e. The number of hydrogen-bond acceptors (Lipinski definition) is 6. The van der Waals surface area contributed by atoms with E-state index in [0.29, 0.717) is 13.1 Å². The van der Waals surface area contributed by atoms with Gasteiger partial charge in [-0.05, 0) is 31.2 Å². The molecule has 0 aromatic carbocycles. The van der Waals surface area contributed by atoms with Crippen LogP contribution in [0.4, 0.5) is 0 Å². The van der Waals surface area contributed by atoms with Crippen LogP contribution in [0.25, 0.3) is 15.9 Å². The topological polar surface area (TPSA) is 75.4 Å². The van der Waals surface area contributed by atoms with E-state index < -0.39 is 0 Å². The van der Waals surface area contributed by atoms with E-state index in [1.165, 1.54) is 23.3 Å². The molecule has 3 aromatic rings. The van der Waals surface area contributed by atoms with E-state index in [1.54, 1.807) is 22.2 Å². The van der Waals surface area contributed by atoms with Gasteiger partial charge in [-0.2, -0.15) is 0 Å². The Hall–Kier alpha value is -2.06. The summed E-state index contributed by atoms with van der Waals surface area (Å²) in [4.78, 5) is 26.1. The van der Waals surface area contributed by atoms with E-state index in [0.717, 1.165) is 41.8 Å². The van der Waals surface area contributed by atoms with Crippen molar-refractivity contribution in [1.82, 2.24) is 29.8 Å². The maximum absolute atomic E-state index is 12.7. The van der Waals surface area contributed by atoms with Gasteiger partial charge in [-0.3, -0.25) is 4.79 Å². The van der Waals surface area contributed by atoms with Crippen molar-refractivity contribution < 1.29 is 4.79 Å². The molecule has 24 heavy (non-hydrogen) atoms. The number of piperazine rings is 1. The van der Waals surface area contributed by atoms with E-state index in [2.05, 4.69) is 20.4 Å². The predicted molar refractivity (Wildman–Crippen MR) is 91.6 cm³/mol. The summed E-state index contributed by atoms with van der Waals surface area (Å²) < 4.78 is 1.67. The molecule has 7 nitrogen and oxygen atoms in total. The molecular formula is C16H18N6OS. The van der Waals surface area contributed by atoms with Crippen molar-refractivity contribution in [2.45, 2.75) is 25.7 Å². The maximum atomic E-state index is 12.7. The first kappa shape index (κ1) is 14.3. The molecule has 1 fully saturated rings. The minimum Gasteiger partial charge on any atom is -0.333 e. The van der Waals surface area contributed by atoms with E-state index >= 15 is 0 Å². The van der Waals surface area contributed by atoms with Gasteiger partial charge >= 0.3 is 0 Å². The van der Waals surface area contributed by atoms with Crippen molar-refractivity contribution in [3.05, 3.63) is 22.6 Å². The van der Waals surface area contributed by atoms with Gasteiger partial charge in [0, 0.05) is 31.1 Å². The summed E-state index contributed by atoms with van der Waals surface area (Å²) >= 11 is 1.76. The Labute approximate surface area is 142 Å². The minimum absolute atomic E-state index is 0.0857. The van der Waals surface area contributed by atoms with E-state index in [4.69, 9.17) is 0 Å². The van der Waals surface area contributed by atoms with Gasteiger partial charge in [0.1, 0.15) is 11.2 Å². The van der Waals surface area contributed by atoms with Crippen molar-refractivity contribution in [2.24, 2.45) is 0 Å². The molecule has 1 saturated heterocycles. The SMILES string of the molecule is O=C(c1nc2c3c4c(sc3ncn2n1)CCCC4)N1CCNCC1. The number of carbonyl (C=O) groups excluding carboxylic acids is 1. The highest BCUT2D eigenvalue weighted by Crippen LogP contribution is 2.36. The number of nitrogens with one attached hydrogen (secondary N) is 1. The summed E-state index contributed by atoms with van der Waals surface area (Å²) in [6.45, 7) is 3.05. The molecule has 5 rings (SSSR count). The van der Waals surface area contributed by atoms with Crippen molar-refractivity contribution in [3.8, 4) is 0 Å². The zero-order valence-corrected chi connectivity index (χ0v) is 14.1. The molecule has 4 heterocycles. The molecule has 0 bridgehead atoms. The van der Waals surface area contributed by atoms with Crippen molar-refractivity contribution in [1.29, 1.82) is 0 Å². The first-order valence-electron chi connectivity index (χ1n) is 8.47. The summed E-state index contributed by atoms with van der Waals surface area (Å²) in [5.41, 5.74) is 2.14. The maximum Gasteiger partial charge on any atom is 0.293 e. The van der Waals surface area contributed by atoms with Crippen LogP contribution in [0.5, 0.6) is 0 Å². The van der Waals surface area contributed by atoms with Crippen LogP contribution in [-0.2, 0) is 12.8 Å². The molecule has 2 aliphatic rings. The van der Waals surface area contributed by atoms with Crippen molar-refractivity contribution >= 4 is 33.1 Å². The minimum atomic E-state index is -0.0857. The second kappa shape index (κ2) is 5.49. The molecule has 124 valence electrons. The molecule has 1 aliphatic carbocycles. The fourth-order valence-electron chi connectivity index (χ4n) is 3.65. The van der Waals surface area contributed by atoms with Crippen LogP contribution < -0.4 is 5.32 Å². The van der Waals surface area contributed by atoms with Crippen LogP contribution in [0, 0.1) is 0 Å². The van der Waals surface area contributed by atoms with Gasteiger partial charge in [-0.1, -0.05) is 0 Å². The molecule has 0 saturated carbocycles. The Bertz CT molecular complexity index is 939. The molecule has 0 atom stereocenters. The zero-order chi connectivity index (χ0) is 16.1. The number of nitrogens with zero attached hydrogens (tertiary/aromatic N) is 5. The first-order valence-corrected chi connectivity index (χ1v) is 9.28. The highest BCUT2D eigenvalue weighted by Gasteiger charge is 2.25. The molecule has 1 aliphatic heterocycles. The third-order valence-electron chi connectivity index (χ3n) is 4.89. The highest BCUT2D eigenvalue weighted by atomic mass is 32.1. The quantitative estimate of drug-likeness (QED) is 0.721. The fourth-order valence-corrected chi connectivity index (χ4v) is 4.88. The van der Waals surface area contributed by atoms with Gasteiger partial charge in [0.2, 0.25) is 5.82 Å². The van der Waals surface area contributed by atoms with Crippen LogP contribution in [0.3, 0.4) is 0 Å². The Morgan fingerprint density at radius 2 is 2.04 bits per heavy atom. The number of hydrogen-bond donors (Lipinski definition) is 1. The van der Waals surface area contributed by atoms with E-state index in [1.807, 2.05) is 4.90 Å². The molecule has 1 N–H and O–H groups in total. The van der Waals surface area contributed by atoms with Gasteiger partial charge in [0.25, 0.3) is 5.91 Å². The lowest BCUT2D eigenvalue weighted by atomic mass is 9.97. The van der Waals surface area contributed by atoms with Gasteiger partial charge in [-0.15, -0.1) is 16.4 Å². The number of aryl methyl sites for hydroxylation is 2. The van der Waals surface area contributed by atoms with Gasteiger partial charge in [-0.25, -0.2) is 14.5 Å². The Balaban J connectivity index is 1.63. The van der Waals surface area contributed by atoms with E-state index in [-0.39, 0.29) is 11.7 Å². The van der Waals surface area contributed by atoms with Gasteiger partial charge in [0.15, 0.2) is 5.65 Å². The predicted octanol–water partition coefficient (Wildman–Crippen LogP) is 1.26. The van der Waals surface area contributed by atoms with Crippen molar-refractivity contribution in [3.63, 3.8) is 0 Å². The number of carbonyl (C=O) groups is 1. The molecule has 0 radical (unpaired) electrons. The van der Waals surface area contributed by atoms with Gasteiger partial charge < -0.3 is 10.2 Å². The fraction of sp³-hybridized carbons (Fsp3) is 0.500. The van der Waals surface area contributed by atoms with Crippen molar-refractivity contribution in [2.75, 3.05) is 26.2 Å². The summed E-state index contributed by atoms with van der Waals surface area (Å²) in [5.74, 6) is 0.194. The molecule has 3 aromatic heterocycles. The van der Waals surface area contributed by atoms with Crippen LogP contribution in [0.1, 0.15) is 33.9 Å². The lowest BCUT2D eigenvalue weighted by Crippen LogP contribution is -2.46. The third-order valence-corrected chi connectivity index (χ3v) is 6.09. The summed E-state index contributed by atoms with van der Waals surface area (Å²) in [5, 5.41) is 8.76. The second-order valence-electron chi connectivity index (χ2n) is 6.38. The molecule has 1 amide bonds. The molecule has 8 heteroatoms. The molecular weight excluding hydrogens is 324 g/mol. The number of aromatic nitrogens is 4. The van der Waals surface area contributed by atoms with E-state index in [9.17, 15) is 4.79 Å². The lowest BCUT2D eigenvalue weighted by Gasteiger charge is -2.26. The second-order valence-corrected chi connectivity index (χ2v) is 7.47. The Morgan fingerprint density at radius 3 is 2.92 bits per heavy atom. The summed E-state index contributed by atoms with van der Waals surface area (Å²) in [6, 6.07) is 0. The third kappa shape index (κ3) is 2.13. The van der Waals surface area contributed by atoms with Gasteiger partial charge in [0.05, 0.1) is 5.39 Å².